The first kappa shape index (κ1) is 8.77. The van der Waals surface area contributed by atoms with Crippen molar-refractivity contribution in [2.24, 2.45) is 0 Å². The molecule has 70 valence electrons. The Balaban J connectivity index is 2.13. The van der Waals surface area contributed by atoms with Gasteiger partial charge in [-0.05, 0) is 13.0 Å². The van der Waals surface area contributed by atoms with Crippen LogP contribution in [0.4, 0.5) is 0 Å². The molecule has 0 radical (unpaired) electrons. The van der Waals surface area contributed by atoms with Gasteiger partial charge >= 0.3 is 0 Å². The first-order chi connectivity index (χ1) is 6.38. The van der Waals surface area contributed by atoms with Crippen LogP contribution in [0, 0.1) is 0 Å². The quantitative estimate of drug-likeness (QED) is 0.722. The van der Waals surface area contributed by atoms with Gasteiger partial charge in [0.15, 0.2) is 0 Å². The van der Waals surface area contributed by atoms with Gasteiger partial charge < -0.3 is 5.32 Å². The molecule has 0 bridgehead atoms. The summed E-state index contributed by atoms with van der Waals surface area (Å²) in [5, 5.41) is 3.98. The monoisotopic (exact) mass is 197 g/mol. The molecular formula is C8H11N3OS. The Morgan fingerprint density at radius 2 is 2.46 bits per heavy atom. The summed E-state index contributed by atoms with van der Waals surface area (Å²) in [5.74, 6) is 0. The van der Waals surface area contributed by atoms with E-state index in [-0.39, 0.29) is 5.25 Å². The predicted octanol–water partition coefficient (Wildman–Crippen LogP) is -0.0539. The minimum Gasteiger partial charge on any atom is -0.315 e. The van der Waals surface area contributed by atoms with E-state index >= 15 is 0 Å². The zero-order chi connectivity index (χ0) is 9.10. The van der Waals surface area contributed by atoms with Gasteiger partial charge in [0.05, 0.1) is 22.2 Å². The van der Waals surface area contributed by atoms with E-state index in [9.17, 15) is 4.21 Å². The third kappa shape index (κ3) is 1.92. The summed E-state index contributed by atoms with van der Waals surface area (Å²) in [7, 11) is -0.995. The maximum atomic E-state index is 11.8. The molecule has 1 fully saturated rings. The lowest BCUT2D eigenvalue weighted by molar-refractivity contribution is 0.668. The minimum absolute atomic E-state index is 0.205. The van der Waals surface area contributed by atoms with E-state index < -0.39 is 10.8 Å². The van der Waals surface area contributed by atoms with Crippen LogP contribution in [0.25, 0.3) is 0 Å². The maximum absolute atomic E-state index is 11.8. The standard InChI is InChI=1S/C8H11N3OS/c12-13(7-1-2-9-5-7)8-6-10-3-4-11-8/h3-4,6-7,9H,1-2,5H2/t7-,13?/m0/s1. The predicted molar refractivity (Wildman–Crippen MR) is 49.7 cm³/mol. The molecule has 2 atom stereocenters. The third-order valence-corrected chi connectivity index (χ3v) is 3.69. The number of aromatic nitrogens is 2. The molecule has 0 aromatic carbocycles. The van der Waals surface area contributed by atoms with E-state index in [0.717, 1.165) is 19.5 Å². The van der Waals surface area contributed by atoms with E-state index in [1.807, 2.05) is 0 Å². The topological polar surface area (TPSA) is 54.9 Å². The van der Waals surface area contributed by atoms with Gasteiger partial charge in [0.25, 0.3) is 0 Å². The molecule has 5 heteroatoms. The highest BCUT2D eigenvalue weighted by Crippen LogP contribution is 2.12. The van der Waals surface area contributed by atoms with Gasteiger partial charge in [-0.3, -0.25) is 9.19 Å². The van der Waals surface area contributed by atoms with Crippen LogP contribution in [0.5, 0.6) is 0 Å². The zero-order valence-electron chi connectivity index (χ0n) is 7.14. The average Bonchev–Trinajstić information content (AvgIpc) is 2.71. The Labute approximate surface area is 79.2 Å². The van der Waals surface area contributed by atoms with Crippen molar-refractivity contribution in [2.75, 3.05) is 13.1 Å². The van der Waals surface area contributed by atoms with Crippen LogP contribution in [-0.2, 0) is 10.8 Å². The Kier molecular flexibility index (Phi) is 2.65. The van der Waals surface area contributed by atoms with E-state index in [0.29, 0.717) is 5.03 Å². The molecule has 2 heterocycles. The SMILES string of the molecule is O=S(c1cnccn1)[C@H]1CCNC1. The Morgan fingerprint density at radius 3 is 3.08 bits per heavy atom. The minimum atomic E-state index is -0.995. The normalized spacial score (nSPS) is 24.5. The van der Waals surface area contributed by atoms with Gasteiger partial charge in [-0.15, -0.1) is 0 Å². The maximum Gasteiger partial charge on any atom is 0.145 e. The fourth-order valence-electron chi connectivity index (χ4n) is 1.37. The molecule has 1 aliphatic rings. The van der Waals surface area contributed by atoms with Crippen LogP contribution in [0.15, 0.2) is 23.6 Å². The molecule has 0 aliphatic carbocycles. The fourth-order valence-corrected chi connectivity index (χ4v) is 2.64. The van der Waals surface area contributed by atoms with Crippen molar-refractivity contribution >= 4 is 10.8 Å². The first-order valence-electron chi connectivity index (χ1n) is 4.25. The van der Waals surface area contributed by atoms with Crippen molar-refractivity contribution in [1.29, 1.82) is 0 Å². The summed E-state index contributed by atoms with van der Waals surface area (Å²) < 4.78 is 11.8. The van der Waals surface area contributed by atoms with Crippen LogP contribution in [-0.4, -0.2) is 32.5 Å². The largest absolute Gasteiger partial charge is 0.315 e. The third-order valence-electron chi connectivity index (χ3n) is 2.06. The van der Waals surface area contributed by atoms with Gasteiger partial charge in [-0.1, -0.05) is 0 Å². The van der Waals surface area contributed by atoms with Crippen molar-refractivity contribution in [3.63, 3.8) is 0 Å². The van der Waals surface area contributed by atoms with Gasteiger partial charge in [-0.2, -0.15) is 0 Å². The molecule has 1 aromatic heterocycles. The van der Waals surface area contributed by atoms with E-state index in [4.69, 9.17) is 0 Å². The second-order valence-corrected chi connectivity index (χ2v) is 4.64. The molecule has 1 saturated heterocycles. The summed E-state index contributed by atoms with van der Waals surface area (Å²) in [5.41, 5.74) is 0. The molecule has 13 heavy (non-hydrogen) atoms. The fraction of sp³-hybridized carbons (Fsp3) is 0.500. The summed E-state index contributed by atoms with van der Waals surface area (Å²) >= 11 is 0. The van der Waals surface area contributed by atoms with E-state index in [1.165, 1.54) is 0 Å². The van der Waals surface area contributed by atoms with Gasteiger partial charge in [0.1, 0.15) is 5.03 Å². The van der Waals surface area contributed by atoms with Crippen LogP contribution >= 0.6 is 0 Å². The Bertz CT molecular complexity index is 298. The smallest absolute Gasteiger partial charge is 0.145 e. The number of nitrogens with one attached hydrogen (secondary N) is 1. The number of hydrogen-bond acceptors (Lipinski definition) is 4. The lowest BCUT2D eigenvalue weighted by Gasteiger charge is -2.05. The molecule has 0 saturated carbocycles. The highest BCUT2D eigenvalue weighted by atomic mass is 32.2. The molecular weight excluding hydrogens is 186 g/mol. The molecule has 0 spiro atoms. The number of rotatable bonds is 2. The molecule has 1 unspecified atom stereocenters. The van der Waals surface area contributed by atoms with Crippen molar-refractivity contribution in [1.82, 2.24) is 15.3 Å². The molecule has 2 rings (SSSR count). The second kappa shape index (κ2) is 3.93. The zero-order valence-corrected chi connectivity index (χ0v) is 7.96. The lowest BCUT2D eigenvalue weighted by Crippen LogP contribution is -2.19. The second-order valence-electron chi connectivity index (χ2n) is 2.96. The average molecular weight is 197 g/mol. The molecule has 0 amide bonds. The summed E-state index contributed by atoms with van der Waals surface area (Å²) in [6.45, 7) is 1.78. The molecule has 1 N–H and O–H groups in total. The number of hydrogen-bond donors (Lipinski definition) is 1. The van der Waals surface area contributed by atoms with Crippen molar-refractivity contribution in [2.45, 2.75) is 16.7 Å². The van der Waals surface area contributed by atoms with E-state index in [1.54, 1.807) is 18.6 Å². The Morgan fingerprint density at radius 1 is 1.54 bits per heavy atom. The van der Waals surface area contributed by atoms with Crippen LogP contribution in [0.1, 0.15) is 6.42 Å². The van der Waals surface area contributed by atoms with Crippen molar-refractivity contribution < 1.29 is 4.21 Å². The summed E-state index contributed by atoms with van der Waals surface area (Å²) in [6, 6.07) is 0. The summed E-state index contributed by atoms with van der Waals surface area (Å²) in [6.07, 6.45) is 5.71. The van der Waals surface area contributed by atoms with Crippen LogP contribution in [0.3, 0.4) is 0 Å². The Hall–Kier alpha value is -0.810. The van der Waals surface area contributed by atoms with Crippen LogP contribution in [0.2, 0.25) is 0 Å². The van der Waals surface area contributed by atoms with Crippen LogP contribution < -0.4 is 5.32 Å². The highest BCUT2D eigenvalue weighted by molar-refractivity contribution is 7.85. The lowest BCUT2D eigenvalue weighted by atomic mass is 10.4. The van der Waals surface area contributed by atoms with Gasteiger partial charge in [0.2, 0.25) is 0 Å². The van der Waals surface area contributed by atoms with Crippen molar-refractivity contribution in [3.8, 4) is 0 Å². The number of nitrogens with zero attached hydrogens (tertiary/aromatic N) is 2. The highest BCUT2D eigenvalue weighted by Gasteiger charge is 2.22. The van der Waals surface area contributed by atoms with Crippen molar-refractivity contribution in [3.05, 3.63) is 18.6 Å². The van der Waals surface area contributed by atoms with Gasteiger partial charge in [0, 0.05) is 18.9 Å². The molecule has 1 aromatic rings. The van der Waals surface area contributed by atoms with E-state index in [2.05, 4.69) is 15.3 Å². The molecule has 4 nitrogen and oxygen atoms in total. The molecule has 1 aliphatic heterocycles. The van der Waals surface area contributed by atoms with Gasteiger partial charge in [-0.25, -0.2) is 4.98 Å². The first-order valence-corrected chi connectivity index (χ1v) is 5.46. The summed E-state index contributed by atoms with van der Waals surface area (Å²) in [4.78, 5) is 7.93.